The summed E-state index contributed by atoms with van der Waals surface area (Å²) in [5.41, 5.74) is 0.240. The zero-order valence-corrected chi connectivity index (χ0v) is 14.6. The van der Waals surface area contributed by atoms with Crippen LogP contribution in [0.4, 0.5) is 10.1 Å². The zero-order valence-electron chi connectivity index (χ0n) is 13.0. The number of anilines is 1. The van der Waals surface area contributed by atoms with Gasteiger partial charge in [-0.1, -0.05) is 6.07 Å². The van der Waals surface area contributed by atoms with E-state index in [1.165, 1.54) is 37.3 Å². The molecule has 0 saturated heterocycles. The topological polar surface area (TPSA) is 97.6 Å². The van der Waals surface area contributed by atoms with Gasteiger partial charge in [0, 0.05) is 5.69 Å². The summed E-state index contributed by atoms with van der Waals surface area (Å²) in [6.45, 7) is 0.923. The maximum absolute atomic E-state index is 13.1. The Kier molecular flexibility index (Phi) is 6.29. The van der Waals surface area contributed by atoms with Gasteiger partial charge in [0.2, 0.25) is 0 Å². The van der Waals surface area contributed by atoms with Crippen molar-refractivity contribution in [3.63, 3.8) is 0 Å². The molecule has 25 heavy (non-hydrogen) atoms. The quantitative estimate of drug-likeness (QED) is 0.710. The van der Waals surface area contributed by atoms with Crippen LogP contribution in [0, 0.1) is 5.82 Å². The van der Waals surface area contributed by atoms with Gasteiger partial charge in [-0.05, 0) is 53.2 Å². The van der Waals surface area contributed by atoms with E-state index in [2.05, 4.69) is 26.6 Å². The molecular formula is C16H14BrFN2O5. The molecule has 0 aliphatic carbocycles. The van der Waals surface area contributed by atoms with Crippen molar-refractivity contribution in [1.29, 1.82) is 0 Å². The number of carbonyl (C=O) groups is 3. The van der Waals surface area contributed by atoms with E-state index in [0.29, 0.717) is 4.67 Å². The third kappa shape index (κ3) is 5.71. The highest BCUT2D eigenvalue weighted by atomic mass is 79.9. The van der Waals surface area contributed by atoms with E-state index in [4.69, 9.17) is 9.15 Å². The van der Waals surface area contributed by atoms with Gasteiger partial charge in [-0.25, -0.2) is 4.39 Å². The van der Waals surface area contributed by atoms with Crippen molar-refractivity contribution in [2.75, 3.05) is 11.9 Å². The number of hydrogen-bond acceptors (Lipinski definition) is 5. The molecule has 2 aromatic rings. The largest absolute Gasteiger partial charge is 0.451 e. The van der Waals surface area contributed by atoms with Crippen molar-refractivity contribution < 1.29 is 27.9 Å². The van der Waals surface area contributed by atoms with Gasteiger partial charge in [-0.3, -0.25) is 14.4 Å². The van der Waals surface area contributed by atoms with Crippen LogP contribution in [-0.4, -0.2) is 30.4 Å². The summed E-state index contributed by atoms with van der Waals surface area (Å²) in [6.07, 6.45) is -1.12. The van der Waals surface area contributed by atoms with Crippen molar-refractivity contribution in [3.05, 3.63) is 52.6 Å². The van der Waals surface area contributed by atoms with E-state index in [1.54, 1.807) is 0 Å². The summed E-state index contributed by atoms with van der Waals surface area (Å²) in [5, 5.41) is 4.72. The Morgan fingerprint density at radius 2 is 2.04 bits per heavy atom. The number of benzene rings is 1. The molecule has 0 aliphatic heterocycles. The van der Waals surface area contributed by atoms with Crippen LogP contribution < -0.4 is 10.6 Å². The Morgan fingerprint density at radius 1 is 1.28 bits per heavy atom. The number of nitrogens with one attached hydrogen (secondary N) is 2. The lowest BCUT2D eigenvalue weighted by Crippen LogP contribution is -2.35. The molecule has 0 radical (unpaired) electrons. The molecule has 0 spiro atoms. The highest BCUT2D eigenvalue weighted by Crippen LogP contribution is 2.13. The van der Waals surface area contributed by atoms with Gasteiger partial charge < -0.3 is 19.8 Å². The van der Waals surface area contributed by atoms with Gasteiger partial charge >= 0.3 is 5.97 Å². The van der Waals surface area contributed by atoms with Crippen LogP contribution in [-0.2, 0) is 14.3 Å². The molecule has 2 rings (SSSR count). The highest BCUT2D eigenvalue weighted by molar-refractivity contribution is 9.10. The molecule has 7 nitrogen and oxygen atoms in total. The number of furan rings is 1. The molecule has 0 bridgehead atoms. The Labute approximate surface area is 150 Å². The minimum atomic E-state index is -1.12. The minimum Gasteiger partial charge on any atom is -0.451 e. The predicted molar refractivity (Wildman–Crippen MR) is 89.3 cm³/mol. The van der Waals surface area contributed by atoms with Crippen molar-refractivity contribution in [2.45, 2.75) is 13.0 Å². The second-order valence-electron chi connectivity index (χ2n) is 4.92. The summed E-state index contributed by atoms with van der Waals surface area (Å²) in [4.78, 5) is 35.3. The smallest absolute Gasteiger partial charge is 0.326 e. The SMILES string of the molecule is CC(OC(=O)CNC(=O)c1ccc(Br)o1)C(=O)Nc1cccc(F)c1. The van der Waals surface area contributed by atoms with Crippen LogP contribution in [0.3, 0.4) is 0 Å². The van der Waals surface area contributed by atoms with E-state index in [-0.39, 0.29) is 11.4 Å². The first-order valence-corrected chi connectivity index (χ1v) is 7.94. The predicted octanol–water partition coefficient (Wildman–Crippen LogP) is 2.48. The van der Waals surface area contributed by atoms with Gasteiger partial charge in [0.25, 0.3) is 11.8 Å². The molecule has 1 unspecified atom stereocenters. The molecule has 0 aliphatic rings. The van der Waals surface area contributed by atoms with Crippen molar-refractivity contribution in [3.8, 4) is 0 Å². The lowest BCUT2D eigenvalue weighted by molar-refractivity contribution is -0.152. The van der Waals surface area contributed by atoms with E-state index >= 15 is 0 Å². The standard InChI is InChI=1S/C16H14BrFN2O5/c1-9(15(22)20-11-4-2-3-10(18)7-11)24-14(21)8-19-16(23)12-5-6-13(17)25-12/h2-7,9H,8H2,1H3,(H,19,23)(H,20,22). The van der Waals surface area contributed by atoms with Crippen LogP contribution in [0.15, 0.2) is 45.5 Å². The van der Waals surface area contributed by atoms with Crippen molar-refractivity contribution >= 4 is 39.4 Å². The van der Waals surface area contributed by atoms with Crippen LogP contribution in [0.25, 0.3) is 0 Å². The second-order valence-corrected chi connectivity index (χ2v) is 5.70. The van der Waals surface area contributed by atoms with Crippen molar-refractivity contribution in [2.24, 2.45) is 0 Å². The van der Waals surface area contributed by atoms with Gasteiger partial charge in [0.05, 0.1) is 0 Å². The van der Waals surface area contributed by atoms with Gasteiger partial charge in [0.15, 0.2) is 16.5 Å². The normalized spacial score (nSPS) is 11.5. The highest BCUT2D eigenvalue weighted by Gasteiger charge is 2.19. The van der Waals surface area contributed by atoms with E-state index < -0.39 is 36.2 Å². The molecule has 2 N–H and O–H groups in total. The molecule has 1 aromatic heterocycles. The number of carbonyl (C=O) groups excluding carboxylic acids is 3. The number of ether oxygens (including phenoxy) is 1. The molecule has 132 valence electrons. The first-order chi connectivity index (χ1) is 11.8. The fourth-order valence-electron chi connectivity index (χ4n) is 1.78. The van der Waals surface area contributed by atoms with Gasteiger partial charge in [0.1, 0.15) is 12.4 Å². The summed E-state index contributed by atoms with van der Waals surface area (Å²) in [5.74, 6) is -2.51. The Balaban J connectivity index is 1.79. The minimum absolute atomic E-state index is 0.0246. The molecule has 1 heterocycles. The fourth-order valence-corrected chi connectivity index (χ4v) is 2.08. The Bertz CT molecular complexity index is 792. The average molecular weight is 413 g/mol. The number of amides is 2. The van der Waals surface area contributed by atoms with E-state index in [9.17, 15) is 18.8 Å². The maximum atomic E-state index is 13.1. The van der Waals surface area contributed by atoms with Crippen LogP contribution in [0.1, 0.15) is 17.5 Å². The van der Waals surface area contributed by atoms with Gasteiger partial charge in [-0.2, -0.15) is 0 Å². The first-order valence-electron chi connectivity index (χ1n) is 7.14. The Morgan fingerprint density at radius 3 is 2.68 bits per heavy atom. The first kappa shape index (κ1) is 18.7. The zero-order chi connectivity index (χ0) is 18.4. The fraction of sp³-hybridized carbons (Fsp3) is 0.188. The molecule has 0 saturated carbocycles. The Hall–Kier alpha value is -2.68. The summed E-state index contributed by atoms with van der Waals surface area (Å²) in [7, 11) is 0. The number of halogens is 2. The van der Waals surface area contributed by atoms with E-state index in [1.807, 2.05) is 0 Å². The molecule has 1 atom stereocenters. The van der Waals surface area contributed by atoms with Crippen molar-refractivity contribution in [1.82, 2.24) is 5.32 Å². The maximum Gasteiger partial charge on any atom is 0.326 e. The van der Waals surface area contributed by atoms with Crippen LogP contribution in [0.5, 0.6) is 0 Å². The van der Waals surface area contributed by atoms with Crippen LogP contribution in [0.2, 0.25) is 0 Å². The van der Waals surface area contributed by atoms with Gasteiger partial charge in [-0.15, -0.1) is 0 Å². The van der Waals surface area contributed by atoms with E-state index in [0.717, 1.165) is 6.07 Å². The molecular weight excluding hydrogens is 399 g/mol. The summed E-state index contributed by atoms with van der Waals surface area (Å²) < 4.78 is 23.4. The summed E-state index contributed by atoms with van der Waals surface area (Å²) in [6, 6.07) is 8.26. The number of rotatable bonds is 6. The summed E-state index contributed by atoms with van der Waals surface area (Å²) >= 11 is 3.05. The molecule has 2 amide bonds. The number of hydrogen-bond donors (Lipinski definition) is 2. The lowest BCUT2D eigenvalue weighted by Gasteiger charge is -2.13. The lowest BCUT2D eigenvalue weighted by atomic mass is 10.3. The van der Waals surface area contributed by atoms with Crippen LogP contribution >= 0.6 is 15.9 Å². The molecule has 9 heteroatoms. The molecule has 1 aromatic carbocycles. The second kappa shape index (κ2) is 8.43. The number of esters is 1. The monoisotopic (exact) mass is 412 g/mol. The average Bonchev–Trinajstić information content (AvgIpc) is 2.99. The third-order valence-corrected chi connectivity index (χ3v) is 3.39. The molecule has 0 fully saturated rings. The third-order valence-electron chi connectivity index (χ3n) is 2.96.